The van der Waals surface area contributed by atoms with Crippen LogP contribution < -0.4 is 4.74 Å². The van der Waals surface area contributed by atoms with Gasteiger partial charge in [0.2, 0.25) is 0 Å². The number of aromatic nitrogens is 3. The molecule has 2 aromatic heterocycles. The lowest BCUT2D eigenvalue weighted by Crippen LogP contribution is -2.23. The summed E-state index contributed by atoms with van der Waals surface area (Å²) in [5.74, 6) is 0.781. The van der Waals surface area contributed by atoms with E-state index in [1.54, 1.807) is 12.5 Å². The average molecular weight is 257 g/mol. The molecule has 0 saturated carbocycles. The Morgan fingerprint density at radius 1 is 1.37 bits per heavy atom. The quantitative estimate of drug-likeness (QED) is 0.732. The number of fused-ring (bicyclic) bond motifs is 1. The minimum absolute atomic E-state index is 0.252. The van der Waals surface area contributed by atoms with Gasteiger partial charge in [-0.15, -0.1) is 0 Å². The molecule has 0 aliphatic heterocycles. The summed E-state index contributed by atoms with van der Waals surface area (Å²) >= 11 is 0. The molecule has 3 rings (SSSR count). The van der Waals surface area contributed by atoms with Crippen LogP contribution >= 0.6 is 0 Å². The summed E-state index contributed by atoms with van der Waals surface area (Å²) in [6.07, 6.45) is 6.49. The smallest absolute Gasteiger partial charge is 0.128 e. The average Bonchev–Trinajstić information content (AvgIpc) is 3.06. The number of H-pyrrole nitrogens is 1. The fourth-order valence-corrected chi connectivity index (χ4v) is 2.06. The molecule has 1 atom stereocenters. The number of hydrogen-bond donors (Lipinski definition) is 2. The summed E-state index contributed by atoms with van der Waals surface area (Å²) < 4.78 is 7.51. The highest BCUT2D eigenvalue weighted by molar-refractivity contribution is 5.85. The van der Waals surface area contributed by atoms with Crippen LogP contribution in [0.15, 0.2) is 49.2 Å². The van der Waals surface area contributed by atoms with Crippen LogP contribution in [0.1, 0.15) is 0 Å². The first-order valence-corrected chi connectivity index (χ1v) is 6.15. The number of rotatable bonds is 5. The fourth-order valence-electron chi connectivity index (χ4n) is 2.06. The van der Waals surface area contributed by atoms with Crippen molar-refractivity contribution in [2.45, 2.75) is 12.6 Å². The number of ether oxygens (including phenoxy) is 1. The van der Waals surface area contributed by atoms with E-state index in [2.05, 4.69) is 9.97 Å². The van der Waals surface area contributed by atoms with Crippen LogP contribution in [0.25, 0.3) is 10.9 Å². The van der Waals surface area contributed by atoms with Crippen molar-refractivity contribution in [1.82, 2.24) is 14.5 Å². The predicted octanol–water partition coefficient (Wildman–Crippen LogP) is 1.80. The molecule has 0 fully saturated rings. The number of hydrogen-bond acceptors (Lipinski definition) is 3. The van der Waals surface area contributed by atoms with Gasteiger partial charge in [-0.25, -0.2) is 4.98 Å². The molecule has 0 aliphatic carbocycles. The van der Waals surface area contributed by atoms with Gasteiger partial charge < -0.3 is 19.4 Å². The number of nitrogens with one attached hydrogen (secondary N) is 1. The van der Waals surface area contributed by atoms with Gasteiger partial charge in [-0.3, -0.25) is 0 Å². The third-order valence-electron chi connectivity index (χ3n) is 2.97. The molecule has 0 spiro atoms. The zero-order valence-electron chi connectivity index (χ0n) is 10.4. The first-order valence-electron chi connectivity index (χ1n) is 6.15. The molecule has 0 aliphatic rings. The standard InChI is InChI=1S/C14H15N3O2/c18-11(8-17-7-6-15-10-17)9-19-14-3-1-2-13-12(14)4-5-16-13/h1-7,10-11,16,18H,8-9H2/t11-/m1/s1. The van der Waals surface area contributed by atoms with Gasteiger partial charge in [0.1, 0.15) is 18.5 Å². The summed E-state index contributed by atoms with van der Waals surface area (Å²) in [5, 5.41) is 10.9. The monoisotopic (exact) mass is 257 g/mol. The van der Waals surface area contributed by atoms with Gasteiger partial charge in [0, 0.05) is 29.5 Å². The maximum absolute atomic E-state index is 9.92. The van der Waals surface area contributed by atoms with Crippen molar-refractivity contribution in [2.75, 3.05) is 6.61 Å². The Morgan fingerprint density at radius 2 is 2.32 bits per heavy atom. The van der Waals surface area contributed by atoms with E-state index in [0.29, 0.717) is 6.54 Å². The third-order valence-corrected chi connectivity index (χ3v) is 2.97. The fraction of sp³-hybridized carbons (Fsp3) is 0.214. The van der Waals surface area contributed by atoms with Crippen molar-refractivity contribution in [2.24, 2.45) is 0 Å². The number of aliphatic hydroxyl groups is 1. The molecule has 0 radical (unpaired) electrons. The van der Waals surface area contributed by atoms with E-state index in [1.807, 2.05) is 41.2 Å². The maximum atomic E-state index is 9.92. The minimum atomic E-state index is -0.566. The van der Waals surface area contributed by atoms with Gasteiger partial charge >= 0.3 is 0 Å². The lowest BCUT2D eigenvalue weighted by molar-refractivity contribution is 0.0932. The van der Waals surface area contributed by atoms with Crippen LogP contribution in [0, 0.1) is 0 Å². The van der Waals surface area contributed by atoms with Crippen molar-refractivity contribution < 1.29 is 9.84 Å². The molecule has 0 saturated heterocycles. The van der Waals surface area contributed by atoms with E-state index >= 15 is 0 Å². The Labute approximate surface area is 110 Å². The zero-order chi connectivity index (χ0) is 13.1. The van der Waals surface area contributed by atoms with Crippen LogP contribution in [0.5, 0.6) is 5.75 Å². The highest BCUT2D eigenvalue weighted by atomic mass is 16.5. The van der Waals surface area contributed by atoms with E-state index in [-0.39, 0.29) is 6.61 Å². The molecule has 0 bridgehead atoms. The van der Waals surface area contributed by atoms with E-state index in [9.17, 15) is 5.11 Å². The second kappa shape index (κ2) is 5.16. The Hall–Kier alpha value is -2.27. The molecule has 98 valence electrons. The number of aromatic amines is 1. The largest absolute Gasteiger partial charge is 0.490 e. The van der Waals surface area contributed by atoms with E-state index in [0.717, 1.165) is 16.7 Å². The molecule has 3 aromatic rings. The molecular weight excluding hydrogens is 242 g/mol. The molecule has 2 N–H and O–H groups in total. The van der Waals surface area contributed by atoms with Gasteiger partial charge in [0.15, 0.2) is 0 Å². The van der Waals surface area contributed by atoms with Gasteiger partial charge in [-0.2, -0.15) is 0 Å². The summed E-state index contributed by atoms with van der Waals surface area (Å²) in [4.78, 5) is 7.06. The van der Waals surface area contributed by atoms with E-state index in [4.69, 9.17) is 4.74 Å². The number of benzene rings is 1. The molecule has 0 amide bonds. The first kappa shape index (κ1) is 11.8. The van der Waals surface area contributed by atoms with Crippen LogP contribution in [0.4, 0.5) is 0 Å². The normalized spacial score (nSPS) is 12.7. The van der Waals surface area contributed by atoms with Crippen molar-refractivity contribution >= 4 is 10.9 Å². The van der Waals surface area contributed by atoms with Crippen LogP contribution in [0.3, 0.4) is 0 Å². The Balaban J connectivity index is 1.64. The molecule has 19 heavy (non-hydrogen) atoms. The van der Waals surface area contributed by atoms with Gasteiger partial charge in [-0.1, -0.05) is 6.07 Å². The third kappa shape index (κ3) is 2.61. The summed E-state index contributed by atoms with van der Waals surface area (Å²) in [5.41, 5.74) is 1.03. The minimum Gasteiger partial charge on any atom is -0.490 e. The highest BCUT2D eigenvalue weighted by Crippen LogP contribution is 2.24. The molecule has 5 heteroatoms. The van der Waals surface area contributed by atoms with Gasteiger partial charge in [-0.05, 0) is 18.2 Å². The second-order valence-corrected chi connectivity index (χ2v) is 4.42. The van der Waals surface area contributed by atoms with Crippen LogP contribution in [-0.2, 0) is 6.54 Å². The maximum Gasteiger partial charge on any atom is 0.128 e. The van der Waals surface area contributed by atoms with Crippen LogP contribution in [-0.4, -0.2) is 32.4 Å². The van der Waals surface area contributed by atoms with E-state index in [1.165, 1.54) is 0 Å². The SMILES string of the molecule is O[C@@H](COc1cccc2[nH]ccc12)Cn1ccnc1. The second-order valence-electron chi connectivity index (χ2n) is 4.42. The lowest BCUT2D eigenvalue weighted by atomic mass is 10.2. The first-order chi connectivity index (χ1) is 9.33. The topological polar surface area (TPSA) is 63.1 Å². The van der Waals surface area contributed by atoms with Crippen LogP contribution in [0.2, 0.25) is 0 Å². The summed E-state index contributed by atoms with van der Waals surface area (Å²) in [6, 6.07) is 7.79. The van der Waals surface area contributed by atoms with Crippen molar-refractivity contribution in [3.63, 3.8) is 0 Å². The van der Waals surface area contributed by atoms with Gasteiger partial charge in [0.05, 0.1) is 12.9 Å². The van der Waals surface area contributed by atoms with Gasteiger partial charge in [0.25, 0.3) is 0 Å². The summed E-state index contributed by atoms with van der Waals surface area (Å²) in [7, 11) is 0. The number of nitrogens with zero attached hydrogens (tertiary/aromatic N) is 2. The zero-order valence-corrected chi connectivity index (χ0v) is 10.4. The Morgan fingerprint density at radius 3 is 3.16 bits per heavy atom. The van der Waals surface area contributed by atoms with Crippen molar-refractivity contribution in [1.29, 1.82) is 0 Å². The lowest BCUT2D eigenvalue weighted by Gasteiger charge is -2.13. The molecule has 2 heterocycles. The molecule has 0 unspecified atom stereocenters. The van der Waals surface area contributed by atoms with Crippen molar-refractivity contribution in [3.8, 4) is 5.75 Å². The molecular formula is C14H15N3O2. The van der Waals surface area contributed by atoms with Crippen molar-refractivity contribution in [3.05, 3.63) is 49.2 Å². The Kier molecular flexibility index (Phi) is 3.20. The molecule has 5 nitrogen and oxygen atoms in total. The highest BCUT2D eigenvalue weighted by Gasteiger charge is 2.08. The Bertz CT molecular complexity index is 646. The van der Waals surface area contributed by atoms with E-state index < -0.39 is 6.10 Å². The molecule has 1 aromatic carbocycles. The number of imidazole rings is 1. The summed E-state index contributed by atoms with van der Waals surface area (Å²) in [6.45, 7) is 0.728. The number of aliphatic hydroxyl groups excluding tert-OH is 1. The predicted molar refractivity (Wildman–Crippen MR) is 72.0 cm³/mol.